The van der Waals surface area contributed by atoms with Crippen LogP contribution in [0.2, 0.25) is 10.0 Å². The Morgan fingerprint density at radius 3 is 2.80 bits per heavy atom. The van der Waals surface area contributed by atoms with Crippen molar-refractivity contribution in [2.75, 3.05) is 0 Å². The van der Waals surface area contributed by atoms with Gasteiger partial charge < -0.3 is 9.15 Å². The Bertz CT molecular complexity index is 990. The predicted octanol–water partition coefficient (Wildman–Crippen LogP) is 5.92. The van der Waals surface area contributed by atoms with Crippen LogP contribution in [0.15, 0.2) is 39.5 Å². The van der Waals surface area contributed by atoms with Crippen LogP contribution in [-0.4, -0.2) is 5.97 Å². The summed E-state index contributed by atoms with van der Waals surface area (Å²) in [6.07, 6.45) is 2.00. The van der Waals surface area contributed by atoms with Crippen molar-refractivity contribution in [3.8, 4) is 16.9 Å². The van der Waals surface area contributed by atoms with E-state index < -0.39 is 4.94 Å². The topological polar surface area (TPSA) is 56.5 Å². The molecule has 3 aromatic rings. The SMILES string of the molecule is CCCCC(=O)Oc1cc(-c2cccc(Cl)c2Cl)c2oc(=O)sc2c1. The first-order chi connectivity index (χ1) is 12.0. The Labute approximate surface area is 157 Å². The Morgan fingerprint density at radius 1 is 1.24 bits per heavy atom. The normalized spacial score (nSPS) is 11.0. The fourth-order valence-electron chi connectivity index (χ4n) is 2.43. The molecule has 0 amide bonds. The van der Waals surface area contributed by atoms with Gasteiger partial charge in [-0.15, -0.1) is 0 Å². The molecule has 0 spiro atoms. The van der Waals surface area contributed by atoms with Crippen LogP contribution >= 0.6 is 34.5 Å². The Hall–Kier alpha value is -1.82. The summed E-state index contributed by atoms with van der Waals surface area (Å²) < 4.78 is 11.3. The summed E-state index contributed by atoms with van der Waals surface area (Å²) in [7, 11) is 0. The molecule has 7 heteroatoms. The van der Waals surface area contributed by atoms with E-state index >= 15 is 0 Å². The molecule has 4 nitrogen and oxygen atoms in total. The summed E-state index contributed by atoms with van der Waals surface area (Å²) in [6.45, 7) is 2.00. The zero-order valence-corrected chi connectivity index (χ0v) is 15.6. The summed E-state index contributed by atoms with van der Waals surface area (Å²) in [5, 5.41) is 0.726. The Balaban J connectivity index is 2.11. The van der Waals surface area contributed by atoms with Gasteiger partial charge in [0.25, 0.3) is 0 Å². The Morgan fingerprint density at radius 2 is 2.04 bits per heavy atom. The summed E-state index contributed by atoms with van der Waals surface area (Å²) in [5.74, 6) is 0.0249. The summed E-state index contributed by atoms with van der Waals surface area (Å²) in [6, 6.07) is 8.45. The van der Waals surface area contributed by atoms with Crippen LogP contribution in [0, 0.1) is 0 Å². The average molecular weight is 397 g/mol. The zero-order valence-electron chi connectivity index (χ0n) is 13.3. The van der Waals surface area contributed by atoms with Crippen molar-refractivity contribution in [2.24, 2.45) is 0 Å². The standard InChI is InChI=1S/C18H14Cl2O4S/c1-2-3-7-15(21)23-10-8-12(11-5-4-6-13(19)16(11)20)17-14(9-10)25-18(22)24-17/h4-6,8-9H,2-3,7H2,1H3. The highest BCUT2D eigenvalue weighted by atomic mass is 35.5. The molecule has 0 bridgehead atoms. The number of esters is 1. The van der Waals surface area contributed by atoms with Crippen LogP contribution in [0.25, 0.3) is 21.4 Å². The number of hydrogen-bond acceptors (Lipinski definition) is 5. The third-order valence-electron chi connectivity index (χ3n) is 3.61. The number of carbonyl (C=O) groups is 1. The van der Waals surface area contributed by atoms with Gasteiger partial charge in [-0.05, 0) is 18.6 Å². The molecule has 0 radical (unpaired) electrons. The molecule has 0 N–H and O–H groups in total. The molecule has 0 unspecified atom stereocenters. The predicted molar refractivity (Wildman–Crippen MR) is 101 cm³/mol. The van der Waals surface area contributed by atoms with E-state index in [-0.39, 0.29) is 5.97 Å². The van der Waals surface area contributed by atoms with Gasteiger partial charge in [-0.2, -0.15) is 0 Å². The number of rotatable bonds is 5. The molecule has 25 heavy (non-hydrogen) atoms. The number of carbonyl (C=O) groups excluding carboxylic acids is 1. The van der Waals surface area contributed by atoms with E-state index in [1.54, 1.807) is 30.3 Å². The molecule has 0 aliphatic rings. The third kappa shape index (κ3) is 3.89. The van der Waals surface area contributed by atoms with Gasteiger partial charge in [0.15, 0.2) is 5.58 Å². The van der Waals surface area contributed by atoms with Crippen molar-refractivity contribution in [2.45, 2.75) is 26.2 Å². The number of halogens is 2. The second-order valence-corrected chi connectivity index (χ2v) is 7.19. The van der Waals surface area contributed by atoms with Gasteiger partial charge in [0, 0.05) is 23.6 Å². The number of fused-ring (bicyclic) bond motifs is 1. The van der Waals surface area contributed by atoms with Gasteiger partial charge in [-0.25, -0.2) is 4.79 Å². The molecular weight excluding hydrogens is 383 g/mol. The van der Waals surface area contributed by atoms with Crippen molar-refractivity contribution in [3.63, 3.8) is 0 Å². The maximum atomic E-state index is 11.9. The van der Waals surface area contributed by atoms with Crippen molar-refractivity contribution in [1.29, 1.82) is 0 Å². The van der Waals surface area contributed by atoms with Gasteiger partial charge in [-0.3, -0.25) is 4.79 Å². The monoisotopic (exact) mass is 396 g/mol. The van der Waals surface area contributed by atoms with Crippen LogP contribution in [0.1, 0.15) is 26.2 Å². The van der Waals surface area contributed by atoms with Gasteiger partial charge >= 0.3 is 10.9 Å². The van der Waals surface area contributed by atoms with Crippen LogP contribution in [0.5, 0.6) is 5.75 Å². The molecule has 0 aliphatic heterocycles. The van der Waals surface area contributed by atoms with Gasteiger partial charge in [0.1, 0.15) is 5.75 Å². The highest BCUT2D eigenvalue weighted by Gasteiger charge is 2.17. The fraction of sp³-hybridized carbons (Fsp3) is 0.222. The molecule has 0 saturated heterocycles. The quantitative estimate of drug-likeness (QED) is 0.396. The summed E-state index contributed by atoms with van der Waals surface area (Å²) >= 11 is 13.3. The first-order valence-corrected chi connectivity index (χ1v) is 9.29. The first kappa shape index (κ1) is 18.0. The third-order valence-corrected chi connectivity index (χ3v) is 5.21. The maximum absolute atomic E-state index is 11.9. The minimum atomic E-state index is -0.441. The van der Waals surface area contributed by atoms with E-state index in [4.69, 9.17) is 32.4 Å². The van der Waals surface area contributed by atoms with Crippen LogP contribution in [0.3, 0.4) is 0 Å². The van der Waals surface area contributed by atoms with Crippen LogP contribution in [-0.2, 0) is 4.79 Å². The molecule has 2 aromatic carbocycles. The number of unbranched alkanes of at least 4 members (excludes halogenated alkanes) is 1. The fourth-order valence-corrected chi connectivity index (χ4v) is 3.55. The highest BCUT2D eigenvalue weighted by molar-refractivity contribution is 7.16. The van der Waals surface area contributed by atoms with Crippen LogP contribution in [0.4, 0.5) is 0 Å². The highest BCUT2D eigenvalue weighted by Crippen LogP contribution is 2.40. The number of benzene rings is 2. The molecule has 0 atom stereocenters. The lowest BCUT2D eigenvalue weighted by molar-refractivity contribution is -0.134. The van der Waals surface area contributed by atoms with E-state index in [9.17, 15) is 9.59 Å². The lowest BCUT2D eigenvalue weighted by Gasteiger charge is -2.09. The van der Waals surface area contributed by atoms with Crippen LogP contribution < -0.4 is 9.68 Å². The molecule has 1 heterocycles. The smallest absolute Gasteiger partial charge is 0.396 e. The molecule has 130 valence electrons. The van der Waals surface area contributed by atoms with Gasteiger partial charge in [0.2, 0.25) is 0 Å². The number of ether oxygens (including phenoxy) is 1. The minimum absolute atomic E-state index is 0.319. The Kier molecular flexibility index (Phi) is 5.47. The molecular formula is C18H14Cl2O4S. The van der Waals surface area contributed by atoms with Gasteiger partial charge in [-0.1, -0.05) is 60.0 Å². The average Bonchev–Trinajstić information content (AvgIpc) is 2.95. The lowest BCUT2D eigenvalue weighted by atomic mass is 10.0. The van der Waals surface area contributed by atoms with E-state index in [0.29, 0.717) is 43.6 Å². The molecule has 1 aromatic heterocycles. The van der Waals surface area contributed by atoms with E-state index in [1.165, 1.54) is 0 Å². The molecule has 0 fully saturated rings. The van der Waals surface area contributed by atoms with Crippen molar-refractivity contribution in [3.05, 3.63) is 50.1 Å². The second-order valence-electron chi connectivity index (χ2n) is 5.43. The summed E-state index contributed by atoms with van der Waals surface area (Å²) in [4.78, 5) is 23.2. The molecule has 0 aliphatic carbocycles. The van der Waals surface area contributed by atoms with Crippen molar-refractivity contribution >= 4 is 50.8 Å². The van der Waals surface area contributed by atoms with E-state index in [2.05, 4.69) is 0 Å². The maximum Gasteiger partial charge on any atom is 0.396 e. The van der Waals surface area contributed by atoms with E-state index in [1.807, 2.05) is 6.92 Å². The van der Waals surface area contributed by atoms with Crippen molar-refractivity contribution in [1.82, 2.24) is 0 Å². The first-order valence-electron chi connectivity index (χ1n) is 7.72. The van der Waals surface area contributed by atoms with E-state index in [0.717, 1.165) is 24.2 Å². The number of hydrogen-bond donors (Lipinski definition) is 0. The summed E-state index contributed by atoms with van der Waals surface area (Å²) in [5.41, 5.74) is 1.56. The zero-order chi connectivity index (χ0) is 18.0. The lowest BCUT2D eigenvalue weighted by Crippen LogP contribution is -2.07. The molecule has 0 saturated carbocycles. The largest absolute Gasteiger partial charge is 0.426 e. The second kappa shape index (κ2) is 7.60. The minimum Gasteiger partial charge on any atom is -0.426 e. The van der Waals surface area contributed by atoms with Gasteiger partial charge in [0.05, 0.1) is 14.7 Å². The van der Waals surface area contributed by atoms with Crippen molar-refractivity contribution < 1.29 is 13.9 Å². The molecule has 3 rings (SSSR count).